The van der Waals surface area contributed by atoms with E-state index in [0.717, 1.165) is 14.1 Å². The second kappa shape index (κ2) is 13.3. The summed E-state index contributed by atoms with van der Waals surface area (Å²) in [6.07, 6.45) is 2.14. The Hall–Kier alpha value is -2.09. The predicted octanol–water partition coefficient (Wildman–Crippen LogP) is -4.18. The molecule has 1 unspecified atom stereocenters. The van der Waals surface area contributed by atoms with Gasteiger partial charge in [-0.05, 0) is 0 Å². The number of carbonyl (C=O) groups is 1. The number of fused-ring (bicyclic) bond motifs is 2. The molecule has 4 aromatic rings. The number of para-hydroxylation sites is 1. The third-order valence-corrected chi connectivity index (χ3v) is 7.70. The summed E-state index contributed by atoms with van der Waals surface area (Å²) in [6, 6.07) is 6.67. The number of rotatable bonds is 5. The number of benzene rings is 1. The molecule has 1 atom stereocenters. The van der Waals surface area contributed by atoms with Crippen LogP contribution in [0, 0.1) is 0 Å². The van der Waals surface area contributed by atoms with Gasteiger partial charge in [0, 0.05) is 14.1 Å². The van der Waals surface area contributed by atoms with Crippen LogP contribution in [0.1, 0.15) is 15.9 Å². The zero-order valence-corrected chi connectivity index (χ0v) is 27.3. The second-order valence-corrected chi connectivity index (χ2v) is 9.47. The van der Waals surface area contributed by atoms with Gasteiger partial charge in [-0.25, -0.2) is 9.78 Å². The maximum absolute atomic E-state index is 11.6. The van der Waals surface area contributed by atoms with Crippen LogP contribution in [0.15, 0.2) is 49.4 Å². The molecule has 4 rings (SSSR count). The minimum absolute atomic E-state index is 0. The van der Waals surface area contributed by atoms with Gasteiger partial charge in [-0.3, -0.25) is 13.9 Å². The number of carboxylic acid groups (broad SMARTS) is 1. The van der Waals surface area contributed by atoms with Gasteiger partial charge in [0.05, 0.1) is 6.33 Å². The summed E-state index contributed by atoms with van der Waals surface area (Å²) in [5.74, 6) is -1.53. The molecule has 12 nitrogen and oxygen atoms in total. The molecule has 0 amide bonds. The molecule has 0 aliphatic rings. The molecule has 0 saturated carbocycles. The minimum atomic E-state index is -1.53. The topological polar surface area (TPSA) is 184 Å². The number of aromatic amines is 1. The molecular weight excluding hydrogens is 660 g/mol. The number of nitrogens with zero attached hydrogens (tertiary/aromatic N) is 3. The van der Waals surface area contributed by atoms with Gasteiger partial charge < -0.3 is 10.5 Å². The number of H-pyrrole nitrogens is 1. The van der Waals surface area contributed by atoms with Crippen LogP contribution < -0.4 is 51.5 Å². The van der Waals surface area contributed by atoms with E-state index in [1.54, 1.807) is 26.3 Å². The van der Waals surface area contributed by atoms with Crippen molar-refractivity contribution in [2.45, 2.75) is 16.5 Å². The normalized spacial score (nSPS) is 11.2. The standard InChI is InChI=1S/C14H13O5.C7H8N4O2.Hg.Na.H2O/c1-8(18-2)6-9-4-3-5-10-7-11(13(15)16)14(17)19-12(9)10;1-10-5-4(8-3-9-5)6(12)11(2)7(10)13;;;/h3-5,7-8H,1,6H2,2H3,(H,15,16);3H,1-2H3,(H,8,9);;;1H2/q;;2*+1;/p-1. The van der Waals surface area contributed by atoms with Crippen molar-refractivity contribution in [3.8, 4) is 0 Å². The summed E-state index contributed by atoms with van der Waals surface area (Å²) in [4.78, 5) is 51.9. The maximum atomic E-state index is 11.6. The van der Waals surface area contributed by atoms with Gasteiger partial charge in [0.1, 0.15) is 5.52 Å². The molecule has 0 fully saturated rings. The fourth-order valence-corrected chi connectivity index (χ4v) is 5.04. The molecule has 0 radical (unpaired) electrons. The molecule has 176 valence electrons. The number of hydrogen-bond acceptors (Lipinski definition) is 8. The Balaban J connectivity index is 0.000000356. The number of nitrogens with one attached hydrogen (secondary N) is 1. The Labute approximate surface area is 236 Å². The summed E-state index contributed by atoms with van der Waals surface area (Å²) >= 11 is 0.618. The third-order valence-electron chi connectivity index (χ3n) is 5.19. The van der Waals surface area contributed by atoms with E-state index < -0.39 is 17.2 Å². The maximum Gasteiger partial charge on any atom is 1.00 e. The van der Waals surface area contributed by atoms with Crippen molar-refractivity contribution in [3.63, 3.8) is 0 Å². The predicted molar refractivity (Wildman–Crippen MR) is 116 cm³/mol. The number of imidazole rings is 1. The number of hydrogen-bond donors (Lipinski definition) is 1. The summed E-state index contributed by atoms with van der Waals surface area (Å²) < 4.78 is 13.9. The van der Waals surface area contributed by atoms with Crippen molar-refractivity contribution in [1.82, 2.24) is 19.1 Å². The number of carboxylic acids is 1. The molecule has 14 heteroatoms. The molecule has 0 aliphatic heterocycles. The Morgan fingerprint density at radius 3 is 2.54 bits per heavy atom. The Bertz CT molecular complexity index is 1500. The molecule has 3 heterocycles. The van der Waals surface area contributed by atoms with Crippen LogP contribution in [0.2, 0.25) is 3.93 Å². The van der Waals surface area contributed by atoms with Crippen molar-refractivity contribution >= 4 is 28.1 Å². The molecule has 3 N–H and O–H groups in total. The molecule has 0 bridgehead atoms. The molecule has 35 heavy (non-hydrogen) atoms. The number of aryl methyl sites for hydroxylation is 1. The molecular formula is C21H22HgN4NaO8+. The number of aromatic nitrogens is 4. The van der Waals surface area contributed by atoms with E-state index >= 15 is 0 Å². The molecule has 0 aliphatic carbocycles. The van der Waals surface area contributed by atoms with E-state index in [-0.39, 0.29) is 52.4 Å². The van der Waals surface area contributed by atoms with Crippen LogP contribution in [0.3, 0.4) is 0 Å². The number of ether oxygens (including phenoxy) is 1. The molecule has 0 saturated heterocycles. The summed E-state index contributed by atoms with van der Waals surface area (Å²) in [5.41, 5.74) is -0.0524. The first-order valence-electron chi connectivity index (χ1n) is 9.87. The van der Waals surface area contributed by atoms with E-state index in [2.05, 4.69) is 9.97 Å². The van der Waals surface area contributed by atoms with Gasteiger partial charge >= 0.3 is 167 Å². The van der Waals surface area contributed by atoms with Crippen LogP contribution >= 0.6 is 0 Å². The SMILES string of the molecule is COC([CH2][Hg+])Cc1cccc2cc(C(=O)[O-])c(=O)oc12.Cn1c(=O)c2[nH]cnc2n(C)c1=O.O.[Na+]. The van der Waals surface area contributed by atoms with E-state index in [1.165, 1.54) is 24.0 Å². The third kappa shape index (κ3) is 6.57. The first-order valence-corrected chi connectivity index (χ1v) is 13.8. The largest absolute Gasteiger partial charge is 1.00 e. The van der Waals surface area contributed by atoms with Crippen molar-refractivity contribution in [2.75, 3.05) is 7.11 Å². The van der Waals surface area contributed by atoms with Gasteiger partial charge in [0.2, 0.25) is 0 Å². The Kier molecular flexibility index (Phi) is 11.7. The van der Waals surface area contributed by atoms with Crippen molar-refractivity contribution in [1.29, 1.82) is 0 Å². The minimum Gasteiger partial charge on any atom is -0.412 e. The van der Waals surface area contributed by atoms with Gasteiger partial charge in [-0.1, -0.05) is 0 Å². The van der Waals surface area contributed by atoms with E-state index in [0.29, 0.717) is 54.7 Å². The summed E-state index contributed by atoms with van der Waals surface area (Å²) in [6.45, 7) is 0. The van der Waals surface area contributed by atoms with Crippen molar-refractivity contribution in [2.24, 2.45) is 14.1 Å². The molecule has 1 aromatic carbocycles. The Morgan fingerprint density at radius 1 is 1.26 bits per heavy atom. The van der Waals surface area contributed by atoms with Gasteiger partial charge in [-0.15, -0.1) is 0 Å². The number of aromatic carboxylic acids is 1. The van der Waals surface area contributed by atoms with Crippen LogP contribution in [-0.4, -0.2) is 43.8 Å². The summed E-state index contributed by atoms with van der Waals surface area (Å²) in [5, 5.41) is 11.4. The quantitative estimate of drug-likeness (QED) is 0.163. The van der Waals surface area contributed by atoms with Crippen LogP contribution in [0.25, 0.3) is 22.1 Å². The average Bonchev–Trinajstić information content (AvgIpc) is 3.30. The second-order valence-electron chi connectivity index (χ2n) is 7.23. The Morgan fingerprint density at radius 2 is 1.94 bits per heavy atom. The monoisotopic (exact) mass is 683 g/mol. The van der Waals surface area contributed by atoms with Crippen LogP contribution in [-0.2, 0) is 51.4 Å². The first kappa shape index (κ1) is 30.9. The van der Waals surface area contributed by atoms with E-state index in [4.69, 9.17) is 9.15 Å². The summed E-state index contributed by atoms with van der Waals surface area (Å²) in [7, 11) is 4.67. The van der Waals surface area contributed by atoms with Crippen LogP contribution in [0.4, 0.5) is 0 Å². The van der Waals surface area contributed by atoms with Crippen molar-refractivity contribution in [3.05, 3.63) is 73.0 Å². The molecule has 3 aromatic heterocycles. The first-order chi connectivity index (χ1) is 15.7. The van der Waals surface area contributed by atoms with Gasteiger partial charge in [0.15, 0.2) is 5.65 Å². The fourth-order valence-electron chi connectivity index (χ4n) is 3.33. The smallest absolute Gasteiger partial charge is 0.412 e. The van der Waals surface area contributed by atoms with Gasteiger partial charge in [0.25, 0.3) is 5.56 Å². The van der Waals surface area contributed by atoms with Gasteiger partial charge in [-0.2, -0.15) is 0 Å². The van der Waals surface area contributed by atoms with Crippen molar-refractivity contribution < 1.29 is 80.2 Å². The number of methoxy groups -OCH3 is 1. The van der Waals surface area contributed by atoms with E-state index in [9.17, 15) is 24.3 Å². The molecule has 0 spiro atoms. The van der Waals surface area contributed by atoms with E-state index in [1.807, 2.05) is 6.07 Å². The average molecular weight is 682 g/mol. The zero-order chi connectivity index (χ0) is 24.3. The van der Waals surface area contributed by atoms with Crippen LogP contribution in [0.5, 0.6) is 0 Å². The fraction of sp³-hybridized carbons (Fsp3) is 0.286. The number of carbonyl (C=O) groups excluding carboxylic acids is 1. The zero-order valence-electron chi connectivity index (χ0n) is 19.8.